The lowest BCUT2D eigenvalue weighted by Crippen LogP contribution is -2.19. The van der Waals surface area contributed by atoms with Crippen molar-refractivity contribution < 1.29 is 9.53 Å². The van der Waals surface area contributed by atoms with Gasteiger partial charge in [-0.1, -0.05) is 26.0 Å². The van der Waals surface area contributed by atoms with Gasteiger partial charge in [-0.05, 0) is 24.5 Å². The molecule has 2 aliphatic heterocycles. The number of H-pyrrole nitrogens is 2. The van der Waals surface area contributed by atoms with E-state index < -0.39 is 5.97 Å². The molecule has 1 aromatic heterocycles. The number of aromatic amines is 2. The van der Waals surface area contributed by atoms with Crippen LogP contribution in [0.5, 0.6) is 0 Å². The molecule has 0 saturated carbocycles. The van der Waals surface area contributed by atoms with Crippen molar-refractivity contribution in [3.05, 3.63) is 58.4 Å². The zero-order chi connectivity index (χ0) is 19.8. The number of benzene rings is 1. The van der Waals surface area contributed by atoms with Crippen LogP contribution in [0.3, 0.4) is 0 Å². The molecule has 0 amide bonds. The van der Waals surface area contributed by atoms with Crippen molar-refractivity contribution in [2.45, 2.75) is 26.3 Å². The molecule has 8 nitrogen and oxygen atoms in total. The van der Waals surface area contributed by atoms with E-state index in [9.17, 15) is 9.59 Å². The predicted molar refractivity (Wildman–Crippen MR) is 104 cm³/mol. The number of carbonyl (C=O) groups is 1. The lowest BCUT2D eigenvalue weighted by molar-refractivity contribution is 0.0600. The van der Waals surface area contributed by atoms with E-state index in [0.29, 0.717) is 17.2 Å². The summed E-state index contributed by atoms with van der Waals surface area (Å²) in [6.45, 7) is 4.24. The van der Waals surface area contributed by atoms with E-state index in [1.165, 1.54) is 7.11 Å². The highest BCUT2D eigenvalue weighted by atomic mass is 16.5. The van der Waals surface area contributed by atoms with Gasteiger partial charge in [0, 0.05) is 12.4 Å². The maximum atomic E-state index is 12.3. The Hall–Kier alpha value is -3.42. The van der Waals surface area contributed by atoms with Gasteiger partial charge in [0.1, 0.15) is 17.1 Å². The SMILES string of the molecule is COC(=O)c1cn([C@H](CC(C)C)c2nc3ccccc3[nH]2)cc2c(=O)[nH]nc1-2. The maximum Gasteiger partial charge on any atom is 0.341 e. The summed E-state index contributed by atoms with van der Waals surface area (Å²) in [5, 5.41) is 6.40. The number of methoxy groups -OCH3 is 1. The van der Waals surface area contributed by atoms with Gasteiger partial charge in [-0.3, -0.25) is 4.79 Å². The largest absolute Gasteiger partial charge is 0.465 e. The molecule has 2 aliphatic rings. The summed E-state index contributed by atoms with van der Waals surface area (Å²) in [6.07, 6.45) is 4.16. The first-order valence-electron chi connectivity index (χ1n) is 9.10. The van der Waals surface area contributed by atoms with Crippen molar-refractivity contribution in [2.75, 3.05) is 7.11 Å². The third-order valence-electron chi connectivity index (χ3n) is 4.76. The van der Waals surface area contributed by atoms with Crippen LogP contribution in [0, 0.1) is 5.92 Å². The molecule has 4 rings (SSSR count). The number of rotatable bonds is 5. The van der Waals surface area contributed by atoms with Crippen LogP contribution in [0.25, 0.3) is 22.3 Å². The Morgan fingerprint density at radius 1 is 1.25 bits per heavy atom. The summed E-state index contributed by atoms with van der Waals surface area (Å²) >= 11 is 0. The average Bonchev–Trinajstić information content (AvgIpc) is 3.28. The standard InChI is InChI=1S/C20H21N5O3/c1-11(2)8-16(18-21-14-6-4-5-7-15(14)22-18)25-9-12-17(23-24-19(12)26)13(10-25)20(27)28-3/h4-7,9-11,16H,8H2,1-3H3,(H,21,22)(H,24,26)/t16-/m1/s1. The fourth-order valence-corrected chi connectivity index (χ4v) is 3.45. The van der Waals surface area contributed by atoms with Gasteiger partial charge in [0.15, 0.2) is 0 Å². The van der Waals surface area contributed by atoms with E-state index in [1.807, 2.05) is 28.8 Å². The number of esters is 1. The topological polar surface area (TPSA) is 106 Å². The molecule has 0 spiro atoms. The van der Waals surface area contributed by atoms with E-state index >= 15 is 0 Å². The molecule has 0 radical (unpaired) electrons. The zero-order valence-corrected chi connectivity index (χ0v) is 15.9. The Labute approximate surface area is 160 Å². The zero-order valence-electron chi connectivity index (χ0n) is 15.9. The van der Waals surface area contributed by atoms with Crippen molar-refractivity contribution in [1.29, 1.82) is 0 Å². The number of pyridine rings is 1. The molecule has 1 atom stereocenters. The monoisotopic (exact) mass is 379 g/mol. The fraction of sp³-hybridized carbons (Fsp3) is 0.300. The van der Waals surface area contributed by atoms with Crippen LogP contribution in [0.2, 0.25) is 0 Å². The Morgan fingerprint density at radius 3 is 2.75 bits per heavy atom. The van der Waals surface area contributed by atoms with Crippen LogP contribution in [-0.4, -0.2) is 37.8 Å². The second-order valence-electron chi connectivity index (χ2n) is 7.21. The molecule has 144 valence electrons. The van der Waals surface area contributed by atoms with Crippen molar-refractivity contribution in [3.63, 3.8) is 0 Å². The second kappa shape index (κ2) is 6.95. The van der Waals surface area contributed by atoms with Gasteiger partial charge in [0.25, 0.3) is 5.56 Å². The Balaban J connectivity index is 1.92. The third kappa shape index (κ3) is 3.06. The van der Waals surface area contributed by atoms with Gasteiger partial charge in [-0.15, -0.1) is 0 Å². The highest BCUT2D eigenvalue weighted by Crippen LogP contribution is 2.29. The maximum absolute atomic E-state index is 12.3. The van der Waals surface area contributed by atoms with Gasteiger partial charge in [-0.25, -0.2) is 14.9 Å². The van der Waals surface area contributed by atoms with Crippen LogP contribution >= 0.6 is 0 Å². The minimum absolute atomic E-state index is 0.186. The highest BCUT2D eigenvalue weighted by Gasteiger charge is 2.26. The minimum Gasteiger partial charge on any atom is -0.465 e. The fourth-order valence-electron chi connectivity index (χ4n) is 3.45. The molecule has 0 saturated heterocycles. The Kier molecular flexibility index (Phi) is 4.46. The molecule has 2 N–H and O–H groups in total. The number of hydrogen-bond donors (Lipinski definition) is 2. The summed E-state index contributed by atoms with van der Waals surface area (Å²) in [4.78, 5) is 32.6. The number of carbonyl (C=O) groups excluding carboxylic acids is 1. The van der Waals surface area contributed by atoms with E-state index in [1.54, 1.807) is 12.4 Å². The van der Waals surface area contributed by atoms with E-state index in [2.05, 4.69) is 29.0 Å². The third-order valence-corrected chi connectivity index (χ3v) is 4.76. The van der Waals surface area contributed by atoms with Gasteiger partial charge in [0.05, 0.1) is 29.7 Å². The summed E-state index contributed by atoms with van der Waals surface area (Å²) in [7, 11) is 1.31. The number of para-hydroxylation sites is 2. The van der Waals surface area contributed by atoms with Gasteiger partial charge in [-0.2, -0.15) is 5.10 Å². The molecule has 8 heteroatoms. The Morgan fingerprint density at radius 2 is 2.04 bits per heavy atom. The van der Waals surface area contributed by atoms with E-state index in [-0.39, 0.29) is 17.2 Å². The lowest BCUT2D eigenvalue weighted by Gasteiger charge is -2.22. The number of nitrogens with zero attached hydrogens (tertiary/aromatic N) is 3. The van der Waals surface area contributed by atoms with Crippen LogP contribution in [0.4, 0.5) is 0 Å². The van der Waals surface area contributed by atoms with Crippen LogP contribution in [0.15, 0.2) is 41.5 Å². The molecular weight excluding hydrogens is 358 g/mol. The molecule has 0 aliphatic carbocycles. The van der Waals surface area contributed by atoms with Crippen molar-refractivity contribution >= 4 is 17.0 Å². The van der Waals surface area contributed by atoms with Crippen molar-refractivity contribution in [3.8, 4) is 11.3 Å². The number of ether oxygens (including phenoxy) is 1. The molecule has 1 aromatic carbocycles. The van der Waals surface area contributed by atoms with Crippen LogP contribution in [-0.2, 0) is 4.74 Å². The van der Waals surface area contributed by atoms with Gasteiger partial charge >= 0.3 is 5.97 Å². The van der Waals surface area contributed by atoms with Crippen molar-refractivity contribution in [1.82, 2.24) is 24.7 Å². The summed E-state index contributed by atoms with van der Waals surface area (Å²) < 4.78 is 6.74. The number of hydrogen-bond acceptors (Lipinski definition) is 5. The first kappa shape index (κ1) is 18.0. The van der Waals surface area contributed by atoms with E-state index in [4.69, 9.17) is 9.72 Å². The molecule has 2 aromatic rings. The Bertz CT molecular complexity index is 1140. The number of aromatic nitrogens is 5. The summed E-state index contributed by atoms with van der Waals surface area (Å²) in [5.41, 5.74) is 2.35. The summed E-state index contributed by atoms with van der Waals surface area (Å²) in [6, 6.07) is 7.62. The smallest absolute Gasteiger partial charge is 0.341 e. The molecular formula is C20H21N5O3. The van der Waals surface area contributed by atoms with Crippen LogP contribution < -0.4 is 5.56 Å². The van der Waals surface area contributed by atoms with Crippen molar-refractivity contribution in [2.24, 2.45) is 5.92 Å². The molecule has 0 unspecified atom stereocenters. The second-order valence-corrected chi connectivity index (χ2v) is 7.21. The normalized spacial score (nSPS) is 12.7. The quantitative estimate of drug-likeness (QED) is 0.519. The average molecular weight is 379 g/mol. The first-order valence-corrected chi connectivity index (χ1v) is 9.10. The highest BCUT2D eigenvalue weighted by molar-refractivity contribution is 5.96. The minimum atomic E-state index is -0.543. The summed E-state index contributed by atoms with van der Waals surface area (Å²) in [5.74, 6) is 0.587. The first-order chi connectivity index (χ1) is 13.5. The predicted octanol–water partition coefficient (Wildman–Crippen LogP) is 2.97. The number of fused-ring (bicyclic) bond motifs is 2. The van der Waals surface area contributed by atoms with Gasteiger partial charge < -0.3 is 14.3 Å². The lowest BCUT2D eigenvalue weighted by atomic mass is 10.0. The van der Waals surface area contributed by atoms with Crippen LogP contribution in [0.1, 0.15) is 42.5 Å². The number of imidazole rings is 1. The van der Waals surface area contributed by atoms with Gasteiger partial charge in [0.2, 0.25) is 0 Å². The molecule has 0 fully saturated rings. The molecule has 3 heterocycles. The molecule has 28 heavy (non-hydrogen) atoms. The van der Waals surface area contributed by atoms with E-state index in [0.717, 1.165) is 23.3 Å². The number of nitrogens with one attached hydrogen (secondary N) is 2. The molecule has 0 bridgehead atoms.